The van der Waals surface area contributed by atoms with Crippen LogP contribution in [0.4, 0.5) is 0 Å². The van der Waals surface area contributed by atoms with Gasteiger partial charge in [-0.15, -0.1) is 0 Å². The van der Waals surface area contributed by atoms with Gasteiger partial charge in [0.25, 0.3) is 0 Å². The molecule has 2 N–H and O–H groups in total. The zero-order valence-electron chi connectivity index (χ0n) is 12.1. The third-order valence-corrected chi connectivity index (χ3v) is 4.77. The molecule has 1 amide bonds. The summed E-state index contributed by atoms with van der Waals surface area (Å²) < 4.78 is 0. The van der Waals surface area contributed by atoms with Crippen LogP contribution < -0.4 is 10.6 Å². The molecule has 0 aliphatic carbocycles. The summed E-state index contributed by atoms with van der Waals surface area (Å²) >= 11 is 0. The smallest absolute Gasteiger partial charge is 0.234 e. The average molecular weight is 253 g/mol. The summed E-state index contributed by atoms with van der Waals surface area (Å²) in [6.45, 7) is 12.4. The third-order valence-electron chi connectivity index (χ3n) is 4.77. The topological polar surface area (TPSA) is 44.4 Å². The third kappa shape index (κ3) is 2.86. The number of rotatable bonds is 4. The molecule has 2 heterocycles. The number of nitrogens with one attached hydrogen (secondary N) is 2. The van der Waals surface area contributed by atoms with Gasteiger partial charge in [0, 0.05) is 18.1 Å². The molecule has 18 heavy (non-hydrogen) atoms. The number of carbonyl (C=O) groups is 1. The van der Waals surface area contributed by atoms with Crippen LogP contribution in [0.15, 0.2) is 0 Å². The first-order valence-corrected chi connectivity index (χ1v) is 7.18. The van der Waals surface area contributed by atoms with E-state index in [0.29, 0.717) is 12.6 Å². The minimum Gasteiger partial charge on any atom is -0.350 e. The van der Waals surface area contributed by atoms with Crippen molar-refractivity contribution in [2.24, 2.45) is 11.8 Å². The van der Waals surface area contributed by atoms with Crippen molar-refractivity contribution in [1.82, 2.24) is 15.5 Å². The molecule has 2 aliphatic heterocycles. The van der Waals surface area contributed by atoms with Gasteiger partial charge in [0.15, 0.2) is 0 Å². The maximum absolute atomic E-state index is 12.1. The van der Waals surface area contributed by atoms with Gasteiger partial charge in [-0.2, -0.15) is 0 Å². The number of hydrogen-bond donors (Lipinski definition) is 2. The van der Waals surface area contributed by atoms with Crippen LogP contribution in [0.2, 0.25) is 0 Å². The monoisotopic (exact) mass is 253 g/mol. The van der Waals surface area contributed by atoms with Crippen molar-refractivity contribution in [2.75, 3.05) is 26.2 Å². The lowest BCUT2D eigenvalue weighted by Crippen LogP contribution is -2.48. The van der Waals surface area contributed by atoms with Gasteiger partial charge in [-0.05, 0) is 52.1 Å². The predicted octanol–water partition coefficient (Wildman–Crippen LogP) is 0.831. The summed E-state index contributed by atoms with van der Waals surface area (Å²) in [4.78, 5) is 14.4. The van der Waals surface area contributed by atoms with Crippen molar-refractivity contribution in [1.29, 1.82) is 0 Å². The Balaban J connectivity index is 1.85. The highest BCUT2D eigenvalue weighted by Gasteiger charge is 2.42. The number of carbonyl (C=O) groups excluding carboxylic acids is 1. The molecular weight excluding hydrogens is 226 g/mol. The lowest BCUT2D eigenvalue weighted by molar-refractivity contribution is -0.124. The van der Waals surface area contributed by atoms with Gasteiger partial charge in [0.1, 0.15) is 0 Å². The number of likely N-dealkylation sites (tertiary alicyclic amines) is 1. The molecule has 2 rings (SSSR count). The van der Waals surface area contributed by atoms with Crippen LogP contribution in [-0.2, 0) is 4.79 Å². The second-order valence-corrected chi connectivity index (χ2v) is 6.54. The Kier molecular flexibility index (Phi) is 3.97. The molecule has 2 fully saturated rings. The van der Waals surface area contributed by atoms with Crippen molar-refractivity contribution < 1.29 is 4.79 Å². The van der Waals surface area contributed by atoms with Crippen LogP contribution in [0.25, 0.3) is 0 Å². The van der Waals surface area contributed by atoms with Gasteiger partial charge in [-0.25, -0.2) is 0 Å². The fourth-order valence-electron chi connectivity index (χ4n) is 3.15. The van der Waals surface area contributed by atoms with Crippen LogP contribution in [0.5, 0.6) is 0 Å². The first-order chi connectivity index (χ1) is 8.43. The van der Waals surface area contributed by atoms with Gasteiger partial charge in [-0.3, -0.25) is 9.69 Å². The summed E-state index contributed by atoms with van der Waals surface area (Å²) in [7, 11) is 0. The highest BCUT2D eigenvalue weighted by Crippen LogP contribution is 2.31. The van der Waals surface area contributed by atoms with Crippen LogP contribution >= 0.6 is 0 Å². The highest BCUT2D eigenvalue weighted by molar-refractivity contribution is 5.78. The molecule has 3 atom stereocenters. The number of nitrogens with zero attached hydrogens (tertiary/aromatic N) is 1. The summed E-state index contributed by atoms with van der Waals surface area (Å²) in [5.41, 5.74) is -0.0858. The predicted molar refractivity (Wildman–Crippen MR) is 73.4 cm³/mol. The quantitative estimate of drug-likeness (QED) is 0.780. The fourth-order valence-corrected chi connectivity index (χ4v) is 3.15. The van der Waals surface area contributed by atoms with E-state index in [9.17, 15) is 4.79 Å². The second-order valence-electron chi connectivity index (χ2n) is 6.54. The highest BCUT2D eigenvalue weighted by atomic mass is 16.2. The van der Waals surface area contributed by atoms with Crippen LogP contribution in [0.3, 0.4) is 0 Å². The minimum atomic E-state index is -0.0858. The molecule has 0 radical (unpaired) electrons. The van der Waals surface area contributed by atoms with Crippen LogP contribution in [0, 0.1) is 11.8 Å². The van der Waals surface area contributed by atoms with E-state index in [2.05, 4.69) is 43.2 Å². The largest absolute Gasteiger partial charge is 0.350 e. The molecule has 0 aromatic heterocycles. The second kappa shape index (κ2) is 5.17. The lowest BCUT2D eigenvalue weighted by Gasteiger charge is -2.28. The average Bonchev–Trinajstić information content (AvgIpc) is 2.83. The zero-order chi connectivity index (χ0) is 13.3. The minimum absolute atomic E-state index is 0.0858. The van der Waals surface area contributed by atoms with Crippen molar-refractivity contribution in [3.05, 3.63) is 0 Å². The standard InChI is InChI=1S/C14H27N3O/c1-5-14(3,4)16-13(18)9-17-8-11-6-15-7-12(11)10(17)2/h10-12,15H,5-9H2,1-4H3,(H,16,18). The maximum Gasteiger partial charge on any atom is 0.234 e. The summed E-state index contributed by atoms with van der Waals surface area (Å²) in [6, 6.07) is 0.528. The van der Waals surface area contributed by atoms with Crippen molar-refractivity contribution >= 4 is 5.91 Å². The molecule has 3 unspecified atom stereocenters. The maximum atomic E-state index is 12.1. The van der Waals surface area contributed by atoms with Crippen molar-refractivity contribution in [2.45, 2.75) is 45.7 Å². The Bertz CT molecular complexity index is 316. The van der Waals surface area contributed by atoms with Gasteiger partial charge in [0.2, 0.25) is 5.91 Å². The Hall–Kier alpha value is -0.610. The summed E-state index contributed by atoms with van der Waals surface area (Å²) in [5, 5.41) is 6.57. The Morgan fingerprint density at radius 2 is 2.17 bits per heavy atom. The van der Waals surface area contributed by atoms with E-state index in [1.165, 1.54) is 0 Å². The molecule has 0 aromatic carbocycles. The van der Waals surface area contributed by atoms with E-state index in [1.807, 2.05) is 0 Å². The number of fused-ring (bicyclic) bond motifs is 1. The Labute approximate surface area is 110 Å². The summed E-state index contributed by atoms with van der Waals surface area (Å²) in [6.07, 6.45) is 0.962. The van der Waals surface area contributed by atoms with Gasteiger partial charge in [0.05, 0.1) is 6.54 Å². The molecule has 104 valence electrons. The first kappa shape index (κ1) is 13.8. The summed E-state index contributed by atoms with van der Waals surface area (Å²) in [5.74, 6) is 1.64. The number of amides is 1. The van der Waals surface area contributed by atoms with E-state index in [0.717, 1.165) is 37.9 Å². The normalized spacial score (nSPS) is 32.6. The fraction of sp³-hybridized carbons (Fsp3) is 0.929. The molecule has 0 spiro atoms. The van der Waals surface area contributed by atoms with Gasteiger partial charge >= 0.3 is 0 Å². The van der Waals surface area contributed by atoms with E-state index < -0.39 is 0 Å². The lowest BCUT2D eigenvalue weighted by atomic mass is 9.95. The van der Waals surface area contributed by atoms with Crippen molar-refractivity contribution in [3.8, 4) is 0 Å². The van der Waals surface area contributed by atoms with Crippen LogP contribution in [-0.4, -0.2) is 48.6 Å². The van der Waals surface area contributed by atoms with Gasteiger partial charge in [-0.1, -0.05) is 6.92 Å². The molecule has 4 heteroatoms. The molecule has 0 aromatic rings. The first-order valence-electron chi connectivity index (χ1n) is 7.18. The van der Waals surface area contributed by atoms with E-state index in [4.69, 9.17) is 0 Å². The molecule has 2 saturated heterocycles. The molecule has 4 nitrogen and oxygen atoms in total. The van der Waals surface area contributed by atoms with Gasteiger partial charge < -0.3 is 10.6 Å². The van der Waals surface area contributed by atoms with E-state index in [-0.39, 0.29) is 11.4 Å². The van der Waals surface area contributed by atoms with E-state index in [1.54, 1.807) is 0 Å². The Morgan fingerprint density at radius 3 is 2.78 bits per heavy atom. The molecular formula is C14H27N3O. The van der Waals surface area contributed by atoms with E-state index >= 15 is 0 Å². The van der Waals surface area contributed by atoms with Crippen molar-refractivity contribution in [3.63, 3.8) is 0 Å². The molecule has 0 saturated carbocycles. The molecule has 2 aliphatic rings. The number of hydrogen-bond acceptors (Lipinski definition) is 3. The SMILES string of the molecule is CCC(C)(C)NC(=O)CN1CC2CNCC2C1C. The van der Waals surface area contributed by atoms with Crippen LogP contribution in [0.1, 0.15) is 34.1 Å². The zero-order valence-corrected chi connectivity index (χ0v) is 12.1. The Morgan fingerprint density at radius 1 is 1.44 bits per heavy atom. The molecule has 0 bridgehead atoms.